The summed E-state index contributed by atoms with van der Waals surface area (Å²) in [7, 11) is 1.25. The van der Waals surface area contributed by atoms with E-state index in [9.17, 15) is 19.7 Å². The Morgan fingerprint density at radius 2 is 2.21 bits per heavy atom. The number of nitrogens with zero attached hydrogens (tertiary/aromatic N) is 2. The molecule has 0 heterocycles. The number of rotatable bonds is 7. The molecule has 1 amide bonds. The molecular formula is C14H13ClN4O5. The zero-order chi connectivity index (χ0) is 18.1. The maximum Gasteiger partial charge on any atom is 0.307 e. The second-order valence-electron chi connectivity index (χ2n) is 4.33. The standard InChI is InChI=1S/C14H13ClN4O5/c1-24-13(20)4-5-17-8-9(7-16)14(21)18-12-6-10(19(22)23)2-3-11(12)15/h2-3,6,8,17H,4-5H2,1H3,(H,18,21)/b9-8-. The maximum atomic E-state index is 12.0. The lowest BCUT2D eigenvalue weighted by molar-refractivity contribution is -0.384. The summed E-state index contributed by atoms with van der Waals surface area (Å²) >= 11 is 5.86. The summed E-state index contributed by atoms with van der Waals surface area (Å²) in [6, 6.07) is 5.21. The van der Waals surface area contributed by atoms with Crippen molar-refractivity contribution in [1.29, 1.82) is 5.26 Å². The van der Waals surface area contributed by atoms with E-state index in [1.165, 1.54) is 19.2 Å². The van der Waals surface area contributed by atoms with Gasteiger partial charge in [-0.2, -0.15) is 5.26 Å². The average molecular weight is 353 g/mol. The number of ether oxygens (including phenoxy) is 1. The van der Waals surface area contributed by atoms with Gasteiger partial charge in [0, 0.05) is 24.9 Å². The summed E-state index contributed by atoms with van der Waals surface area (Å²) in [6.07, 6.45) is 1.19. The van der Waals surface area contributed by atoms with Crippen molar-refractivity contribution in [1.82, 2.24) is 5.32 Å². The van der Waals surface area contributed by atoms with Crippen LogP contribution in [-0.2, 0) is 14.3 Å². The number of hydrogen-bond donors (Lipinski definition) is 2. The monoisotopic (exact) mass is 352 g/mol. The molecule has 126 valence electrons. The van der Waals surface area contributed by atoms with E-state index in [4.69, 9.17) is 16.9 Å². The molecule has 9 nitrogen and oxygen atoms in total. The van der Waals surface area contributed by atoms with E-state index in [0.717, 1.165) is 12.3 Å². The zero-order valence-electron chi connectivity index (χ0n) is 12.5. The largest absolute Gasteiger partial charge is 0.469 e. The first-order chi connectivity index (χ1) is 11.4. The van der Waals surface area contributed by atoms with Crippen molar-refractivity contribution in [2.45, 2.75) is 6.42 Å². The number of methoxy groups -OCH3 is 1. The number of non-ortho nitro benzene ring substituents is 1. The Kier molecular flexibility index (Phi) is 7.19. The first kappa shape index (κ1) is 18.9. The number of anilines is 1. The number of amides is 1. The van der Waals surface area contributed by atoms with Crippen LogP contribution in [0.15, 0.2) is 30.0 Å². The first-order valence-corrected chi connectivity index (χ1v) is 6.92. The van der Waals surface area contributed by atoms with Gasteiger partial charge in [-0.3, -0.25) is 19.7 Å². The van der Waals surface area contributed by atoms with Gasteiger partial charge >= 0.3 is 5.97 Å². The van der Waals surface area contributed by atoms with Gasteiger partial charge in [0.15, 0.2) is 0 Å². The maximum absolute atomic E-state index is 12.0. The summed E-state index contributed by atoms with van der Waals surface area (Å²) in [5, 5.41) is 24.8. The topological polar surface area (TPSA) is 134 Å². The number of nitro groups is 1. The Hall–Kier alpha value is -3.12. The third-order valence-corrected chi connectivity index (χ3v) is 3.05. The third-order valence-electron chi connectivity index (χ3n) is 2.72. The van der Waals surface area contributed by atoms with E-state index in [0.29, 0.717) is 0 Å². The van der Waals surface area contributed by atoms with Gasteiger partial charge < -0.3 is 15.4 Å². The molecule has 1 rings (SSSR count). The van der Waals surface area contributed by atoms with E-state index < -0.39 is 16.8 Å². The Labute approximate surface area is 142 Å². The van der Waals surface area contributed by atoms with Gasteiger partial charge in [0.05, 0.1) is 29.2 Å². The minimum atomic E-state index is -0.800. The fraction of sp³-hybridized carbons (Fsp3) is 0.214. The zero-order valence-corrected chi connectivity index (χ0v) is 13.3. The normalized spacial score (nSPS) is 10.5. The molecule has 0 aliphatic rings. The average Bonchev–Trinajstić information content (AvgIpc) is 2.56. The SMILES string of the molecule is COC(=O)CCN/C=C(/C#N)C(=O)Nc1cc([N+](=O)[O-])ccc1Cl. The van der Waals surface area contributed by atoms with Crippen molar-refractivity contribution in [2.24, 2.45) is 0 Å². The number of halogens is 1. The highest BCUT2D eigenvalue weighted by molar-refractivity contribution is 6.34. The Balaban J connectivity index is 2.77. The summed E-state index contributed by atoms with van der Waals surface area (Å²) in [5.74, 6) is -1.24. The van der Waals surface area contributed by atoms with Crippen molar-refractivity contribution in [3.8, 4) is 6.07 Å². The van der Waals surface area contributed by atoms with E-state index in [1.807, 2.05) is 0 Å². The van der Waals surface area contributed by atoms with Gasteiger partial charge in [-0.25, -0.2) is 0 Å². The fourth-order valence-corrected chi connectivity index (χ4v) is 1.68. The van der Waals surface area contributed by atoms with Crippen LogP contribution in [-0.4, -0.2) is 30.5 Å². The van der Waals surface area contributed by atoms with Crippen LogP contribution in [0.4, 0.5) is 11.4 Å². The molecule has 0 radical (unpaired) electrons. The predicted octanol–water partition coefficient (Wildman–Crippen LogP) is 1.75. The van der Waals surface area contributed by atoms with Crippen LogP contribution in [0.2, 0.25) is 5.02 Å². The van der Waals surface area contributed by atoms with Crippen molar-refractivity contribution in [3.63, 3.8) is 0 Å². The van der Waals surface area contributed by atoms with Gasteiger partial charge in [0.25, 0.3) is 11.6 Å². The number of benzene rings is 1. The van der Waals surface area contributed by atoms with Crippen LogP contribution < -0.4 is 10.6 Å². The lowest BCUT2D eigenvalue weighted by Crippen LogP contribution is -2.19. The van der Waals surface area contributed by atoms with E-state index in [-0.39, 0.29) is 34.9 Å². The molecular weight excluding hydrogens is 340 g/mol. The highest BCUT2D eigenvalue weighted by atomic mass is 35.5. The molecule has 2 N–H and O–H groups in total. The van der Waals surface area contributed by atoms with Crippen molar-refractivity contribution >= 4 is 34.9 Å². The van der Waals surface area contributed by atoms with Crippen molar-refractivity contribution in [3.05, 3.63) is 45.1 Å². The number of nitro benzene ring substituents is 1. The van der Waals surface area contributed by atoms with Gasteiger partial charge in [-0.15, -0.1) is 0 Å². The number of hydrogen-bond acceptors (Lipinski definition) is 7. The molecule has 0 aliphatic heterocycles. The molecule has 0 aliphatic carbocycles. The highest BCUT2D eigenvalue weighted by Gasteiger charge is 2.14. The molecule has 10 heteroatoms. The van der Waals surface area contributed by atoms with Crippen LogP contribution in [0.5, 0.6) is 0 Å². The third kappa shape index (κ3) is 5.58. The quantitative estimate of drug-likeness (QED) is 0.190. The Morgan fingerprint density at radius 1 is 1.50 bits per heavy atom. The predicted molar refractivity (Wildman–Crippen MR) is 85.1 cm³/mol. The first-order valence-electron chi connectivity index (χ1n) is 6.54. The van der Waals surface area contributed by atoms with Crippen LogP contribution in [0.1, 0.15) is 6.42 Å². The number of carbonyl (C=O) groups excluding carboxylic acids is 2. The van der Waals surface area contributed by atoms with Crippen LogP contribution in [0.3, 0.4) is 0 Å². The molecule has 0 saturated heterocycles. The van der Waals surface area contributed by atoms with E-state index >= 15 is 0 Å². The molecule has 1 aromatic rings. The molecule has 24 heavy (non-hydrogen) atoms. The van der Waals surface area contributed by atoms with E-state index in [1.54, 1.807) is 6.07 Å². The summed E-state index contributed by atoms with van der Waals surface area (Å²) < 4.78 is 4.44. The number of carbonyl (C=O) groups is 2. The molecule has 0 aromatic heterocycles. The summed E-state index contributed by atoms with van der Waals surface area (Å²) in [5.41, 5.74) is -0.539. The van der Waals surface area contributed by atoms with Crippen molar-refractivity contribution in [2.75, 3.05) is 19.0 Å². The highest BCUT2D eigenvalue weighted by Crippen LogP contribution is 2.26. The van der Waals surface area contributed by atoms with Gasteiger partial charge in [0.2, 0.25) is 0 Å². The van der Waals surface area contributed by atoms with Crippen LogP contribution >= 0.6 is 11.6 Å². The van der Waals surface area contributed by atoms with Crippen LogP contribution in [0, 0.1) is 21.4 Å². The minimum absolute atomic E-state index is 0.00609. The molecule has 0 bridgehead atoms. The Morgan fingerprint density at radius 3 is 2.79 bits per heavy atom. The van der Waals surface area contributed by atoms with Gasteiger partial charge in [-0.1, -0.05) is 11.6 Å². The van der Waals surface area contributed by atoms with Crippen LogP contribution in [0.25, 0.3) is 0 Å². The van der Waals surface area contributed by atoms with Crippen molar-refractivity contribution < 1.29 is 19.2 Å². The lowest BCUT2D eigenvalue weighted by Gasteiger charge is -2.07. The fourth-order valence-electron chi connectivity index (χ4n) is 1.51. The smallest absolute Gasteiger partial charge is 0.307 e. The molecule has 0 spiro atoms. The molecule has 0 saturated carbocycles. The second-order valence-corrected chi connectivity index (χ2v) is 4.73. The molecule has 1 aromatic carbocycles. The number of nitrogens with one attached hydrogen (secondary N) is 2. The molecule has 0 fully saturated rings. The molecule has 0 atom stereocenters. The lowest BCUT2D eigenvalue weighted by atomic mass is 10.2. The number of nitriles is 1. The summed E-state index contributed by atoms with van der Waals surface area (Å²) in [6.45, 7) is 0.169. The second kappa shape index (κ2) is 9.12. The number of esters is 1. The van der Waals surface area contributed by atoms with Gasteiger partial charge in [0.1, 0.15) is 11.6 Å². The Bertz CT molecular complexity index is 726. The van der Waals surface area contributed by atoms with Gasteiger partial charge in [-0.05, 0) is 6.07 Å². The van der Waals surface area contributed by atoms with E-state index in [2.05, 4.69) is 15.4 Å². The molecule has 0 unspecified atom stereocenters. The minimum Gasteiger partial charge on any atom is -0.469 e. The summed E-state index contributed by atoms with van der Waals surface area (Å²) in [4.78, 5) is 33.0.